The molecule has 1 aliphatic heterocycles. The highest BCUT2D eigenvalue weighted by Crippen LogP contribution is 2.25. The molecule has 0 aromatic rings. The van der Waals surface area contributed by atoms with E-state index < -0.39 is 24.3 Å². The first-order valence-corrected chi connectivity index (χ1v) is 12.5. The summed E-state index contributed by atoms with van der Waals surface area (Å²) in [7, 11) is 0. The van der Waals surface area contributed by atoms with Crippen molar-refractivity contribution in [2.45, 2.75) is 134 Å². The van der Waals surface area contributed by atoms with Crippen LogP contribution in [-0.4, -0.2) is 69.4 Å². The molecule has 0 unspecified atom stereocenters. The molecule has 1 heterocycles. The molecular formula is C24H49NO4. The molecule has 0 amide bonds. The lowest BCUT2D eigenvalue weighted by Gasteiger charge is -2.28. The van der Waals surface area contributed by atoms with Crippen LogP contribution in [0.5, 0.6) is 0 Å². The summed E-state index contributed by atoms with van der Waals surface area (Å²) in [4.78, 5) is 1.89. The topological polar surface area (TPSA) is 84.2 Å². The van der Waals surface area contributed by atoms with E-state index in [1.54, 1.807) is 0 Å². The Labute approximate surface area is 179 Å². The van der Waals surface area contributed by atoms with Crippen molar-refractivity contribution in [2.24, 2.45) is 0 Å². The lowest BCUT2D eigenvalue weighted by atomic mass is 10.0. The summed E-state index contributed by atoms with van der Waals surface area (Å²) in [6, 6.07) is -0.919. The molecule has 0 aliphatic carbocycles. The fourth-order valence-electron chi connectivity index (χ4n) is 4.69. The third-order valence-electron chi connectivity index (χ3n) is 6.63. The lowest BCUT2D eigenvalue weighted by molar-refractivity contribution is 0.0130. The number of unbranched alkanes of at least 4 members (excludes halogenated alkanes) is 15. The van der Waals surface area contributed by atoms with Gasteiger partial charge in [0.2, 0.25) is 0 Å². The van der Waals surface area contributed by atoms with Crippen molar-refractivity contribution in [2.75, 3.05) is 19.8 Å². The van der Waals surface area contributed by atoms with Crippen LogP contribution in [0.15, 0.2) is 0 Å². The van der Waals surface area contributed by atoms with E-state index >= 15 is 0 Å². The smallest absolute Gasteiger partial charge is 0.0992 e. The molecule has 174 valence electrons. The minimum atomic E-state index is -0.974. The van der Waals surface area contributed by atoms with Gasteiger partial charge in [0.1, 0.15) is 0 Å². The van der Waals surface area contributed by atoms with Crippen LogP contribution in [0.4, 0.5) is 0 Å². The summed E-state index contributed by atoms with van der Waals surface area (Å²) < 4.78 is 0. The van der Waals surface area contributed by atoms with Crippen LogP contribution < -0.4 is 0 Å². The standard InChI is InChI=1S/C24H49NO4/c1-2-3-4-5-6-7-8-9-10-11-12-13-14-15-16-17-18-25-21(19-26)23(28)24(29)22(25)20-27/h21-24,26-29H,2-20H2,1H3/t21-,22+,23-,24-/m1/s1. The van der Waals surface area contributed by atoms with Crippen LogP contribution in [0, 0.1) is 0 Å². The highest BCUT2D eigenvalue weighted by molar-refractivity contribution is 5.00. The van der Waals surface area contributed by atoms with Crippen molar-refractivity contribution in [1.82, 2.24) is 4.90 Å². The summed E-state index contributed by atoms with van der Waals surface area (Å²) in [5, 5.41) is 39.0. The van der Waals surface area contributed by atoms with Crippen LogP contribution in [0.3, 0.4) is 0 Å². The molecule has 5 nitrogen and oxygen atoms in total. The Kier molecular flexibility index (Phi) is 16.2. The Bertz CT molecular complexity index is 353. The van der Waals surface area contributed by atoms with Gasteiger partial charge in [0, 0.05) is 0 Å². The van der Waals surface area contributed by atoms with Crippen molar-refractivity contribution < 1.29 is 20.4 Å². The predicted octanol–water partition coefficient (Wildman–Crippen LogP) is 4.01. The number of rotatable bonds is 19. The summed E-state index contributed by atoms with van der Waals surface area (Å²) in [6.45, 7) is 2.61. The van der Waals surface area contributed by atoms with Gasteiger partial charge in [0.15, 0.2) is 0 Å². The molecule has 0 spiro atoms. The Morgan fingerprint density at radius 3 is 1.14 bits per heavy atom. The molecule has 4 N–H and O–H groups in total. The van der Waals surface area contributed by atoms with Crippen molar-refractivity contribution in [3.05, 3.63) is 0 Å². The normalized spacial score (nSPS) is 25.1. The van der Waals surface area contributed by atoms with Gasteiger partial charge in [0.05, 0.1) is 37.5 Å². The molecular weight excluding hydrogens is 366 g/mol. The van der Waals surface area contributed by atoms with Crippen LogP contribution in [0.2, 0.25) is 0 Å². The van der Waals surface area contributed by atoms with Crippen molar-refractivity contribution >= 4 is 0 Å². The quantitative estimate of drug-likeness (QED) is 0.240. The first kappa shape index (κ1) is 26.8. The van der Waals surface area contributed by atoms with E-state index in [0.29, 0.717) is 6.54 Å². The van der Waals surface area contributed by atoms with Crippen molar-refractivity contribution in [3.8, 4) is 0 Å². The largest absolute Gasteiger partial charge is 0.395 e. The van der Waals surface area contributed by atoms with Crippen molar-refractivity contribution in [1.29, 1.82) is 0 Å². The van der Waals surface area contributed by atoms with E-state index in [2.05, 4.69) is 6.92 Å². The molecule has 0 saturated carbocycles. The predicted molar refractivity (Wildman–Crippen MR) is 120 cm³/mol. The molecule has 4 atom stereocenters. The second kappa shape index (κ2) is 17.5. The van der Waals surface area contributed by atoms with Gasteiger partial charge >= 0.3 is 0 Å². The van der Waals surface area contributed by atoms with Crippen LogP contribution in [0.1, 0.15) is 110 Å². The Hall–Kier alpha value is -0.200. The fraction of sp³-hybridized carbons (Fsp3) is 1.00. The Balaban J connectivity index is 1.91. The molecule has 0 aromatic carbocycles. The van der Waals surface area contributed by atoms with Crippen LogP contribution >= 0.6 is 0 Å². The zero-order valence-corrected chi connectivity index (χ0v) is 19.0. The molecule has 0 bridgehead atoms. The molecule has 1 saturated heterocycles. The minimum absolute atomic E-state index is 0.187. The van der Waals surface area contributed by atoms with E-state index in [9.17, 15) is 20.4 Å². The molecule has 29 heavy (non-hydrogen) atoms. The van der Waals surface area contributed by atoms with E-state index in [-0.39, 0.29) is 13.2 Å². The average molecular weight is 416 g/mol. The van der Waals surface area contributed by atoms with Crippen LogP contribution in [-0.2, 0) is 0 Å². The third kappa shape index (κ3) is 10.6. The van der Waals surface area contributed by atoms with E-state index in [0.717, 1.165) is 12.8 Å². The maximum Gasteiger partial charge on any atom is 0.0992 e. The number of nitrogens with zero attached hydrogens (tertiary/aromatic N) is 1. The van der Waals surface area contributed by atoms with E-state index in [1.807, 2.05) is 4.90 Å². The number of likely N-dealkylation sites (tertiary alicyclic amines) is 1. The van der Waals surface area contributed by atoms with Gasteiger partial charge in [-0.2, -0.15) is 0 Å². The Morgan fingerprint density at radius 2 is 0.828 bits per heavy atom. The zero-order valence-electron chi connectivity index (χ0n) is 19.0. The van der Waals surface area contributed by atoms with Crippen LogP contribution in [0.25, 0.3) is 0 Å². The molecule has 5 heteroatoms. The number of aliphatic hydroxyl groups excluding tert-OH is 4. The maximum atomic E-state index is 10.0. The second-order valence-electron chi connectivity index (χ2n) is 9.02. The second-order valence-corrected chi connectivity index (χ2v) is 9.02. The van der Waals surface area contributed by atoms with Gasteiger partial charge in [-0.15, -0.1) is 0 Å². The highest BCUT2D eigenvalue weighted by Gasteiger charge is 2.46. The van der Waals surface area contributed by atoms with Crippen molar-refractivity contribution in [3.63, 3.8) is 0 Å². The maximum absolute atomic E-state index is 10.0. The monoisotopic (exact) mass is 415 g/mol. The summed E-state index contributed by atoms with van der Waals surface area (Å²) in [6.07, 6.45) is 19.3. The molecule has 0 radical (unpaired) electrons. The minimum Gasteiger partial charge on any atom is -0.395 e. The number of hydrogen-bond acceptors (Lipinski definition) is 5. The SMILES string of the molecule is CCCCCCCCCCCCCCCCCCN1[C@H](CO)[C@@H](O)[C@H](O)[C@@H]1CO. The highest BCUT2D eigenvalue weighted by atomic mass is 16.3. The number of hydrogen-bond donors (Lipinski definition) is 4. The van der Waals surface area contributed by atoms with Gasteiger partial charge in [0.25, 0.3) is 0 Å². The van der Waals surface area contributed by atoms with Gasteiger partial charge in [-0.25, -0.2) is 0 Å². The first-order valence-electron chi connectivity index (χ1n) is 12.5. The fourth-order valence-corrected chi connectivity index (χ4v) is 4.69. The summed E-state index contributed by atoms with van der Waals surface area (Å²) in [5.41, 5.74) is 0. The molecule has 1 rings (SSSR count). The summed E-state index contributed by atoms with van der Waals surface area (Å²) >= 11 is 0. The van der Waals surface area contributed by atoms with E-state index in [4.69, 9.17) is 0 Å². The van der Waals surface area contributed by atoms with E-state index in [1.165, 1.54) is 89.9 Å². The zero-order chi connectivity index (χ0) is 21.3. The Morgan fingerprint density at radius 1 is 0.517 bits per heavy atom. The third-order valence-corrected chi connectivity index (χ3v) is 6.63. The molecule has 0 aromatic heterocycles. The first-order chi connectivity index (χ1) is 14.2. The molecule has 1 aliphatic rings. The average Bonchev–Trinajstić information content (AvgIpc) is 2.96. The van der Waals surface area contributed by atoms with Gasteiger partial charge in [-0.1, -0.05) is 103 Å². The van der Waals surface area contributed by atoms with Gasteiger partial charge in [-0.05, 0) is 13.0 Å². The van der Waals surface area contributed by atoms with Gasteiger partial charge in [-0.3, -0.25) is 4.90 Å². The summed E-state index contributed by atoms with van der Waals surface area (Å²) in [5.74, 6) is 0. The number of aliphatic hydroxyl groups is 4. The van der Waals surface area contributed by atoms with Gasteiger partial charge < -0.3 is 20.4 Å². The lowest BCUT2D eigenvalue weighted by Crippen LogP contribution is -2.43. The molecule has 1 fully saturated rings.